The van der Waals surface area contributed by atoms with E-state index in [0.717, 1.165) is 0 Å². The van der Waals surface area contributed by atoms with E-state index in [1.165, 1.54) is 17.0 Å². The summed E-state index contributed by atoms with van der Waals surface area (Å²) in [5, 5.41) is 9.03. The van der Waals surface area contributed by atoms with Crippen molar-refractivity contribution in [2.45, 2.75) is 19.4 Å². The molecule has 2 rings (SSSR count). The van der Waals surface area contributed by atoms with Crippen molar-refractivity contribution in [2.24, 2.45) is 5.92 Å². The highest BCUT2D eigenvalue weighted by atomic mass is 79.9. The van der Waals surface area contributed by atoms with Crippen LogP contribution in [-0.2, 0) is 4.79 Å². The third-order valence-corrected chi connectivity index (χ3v) is 3.99. The van der Waals surface area contributed by atoms with Crippen LogP contribution in [-0.4, -0.2) is 34.5 Å². The molecule has 102 valence electrons. The van der Waals surface area contributed by atoms with Gasteiger partial charge in [-0.1, -0.05) is 15.9 Å². The lowest BCUT2D eigenvalue weighted by Crippen LogP contribution is -2.38. The van der Waals surface area contributed by atoms with Gasteiger partial charge < -0.3 is 10.0 Å². The highest BCUT2D eigenvalue weighted by Gasteiger charge is 2.38. The van der Waals surface area contributed by atoms with E-state index in [4.69, 9.17) is 5.11 Å². The van der Waals surface area contributed by atoms with Gasteiger partial charge in [-0.15, -0.1) is 0 Å². The second kappa shape index (κ2) is 5.28. The van der Waals surface area contributed by atoms with Crippen molar-refractivity contribution in [3.8, 4) is 0 Å². The predicted molar refractivity (Wildman–Crippen MR) is 70.3 cm³/mol. The normalized spacial score (nSPS) is 22.6. The molecule has 0 radical (unpaired) electrons. The van der Waals surface area contributed by atoms with E-state index >= 15 is 0 Å². The van der Waals surface area contributed by atoms with Crippen molar-refractivity contribution >= 4 is 27.8 Å². The van der Waals surface area contributed by atoms with Gasteiger partial charge in [0.25, 0.3) is 5.91 Å². The predicted octanol–water partition coefficient (Wildman–Crippen LogP) is 2.52. The van der Waals surface area contributed by atoms with Gasteiger partial charge in [-0.2, -0.15) is 0 Å². The van der Waals surface area contributed by atoms with Crippen LogP contribution < -0.4 is 0 Å². The maximum absolute atomic E-state index is 13.7. The van der Waals surface area contributed by atoms with E-state index in [1.807, 2.05) is 0 Å². The van der Waals surface area contributed by atoms with Crippen LogP contribution in [0, 0.1) is 11.7 Å². The van der Waals surface area contributed by atoms with Crippen molar-refractivity contribution in [3.63, 3.8) is 0 Å². The molecule has 1 aliphatic rings. The van der Waals surface area contributed by atoms with Gasteiger partial charge in [0.05, 0.1) is 11.5 Å². The second-order valence-electron chi connectivity index (χ2n) is 4.60. The maximum Gasteiger partial charge on any atom is 0.308 e. The number of carboxylic acids is 1. The molecule has 1 heterocycles. The number of carboxylic acid groups (broad SMARTS) is 1. The molecule has 1 N–H and O–H groups in total. The minimum atomic E-state index is -0.918. The first kappa shape index (κ1) is 14.0. The third-order valence-electron chi connectivity index (χ3n) is 3.49. The quantitative estimate of drug-likeness (QED) is 0.907. The molecular weight excluding hydrogens is 317 g/mol. The first-order valence-corrected chi connectivity index (χ1v) is 6.70. The van der Waals surface area contributed by atoms with E-state index < -0.39 is 29.7 Å². The zero-order chi connectivity index (χ0) is 14.2. The Morgan fingerprint density at radius 3 is 2.68 bits per heavy atom. The first-order valence-electron chi connectivity index (χ1n) is 5.90. The number of nitrogens with zero attached hydrogens (tertiary/aromatic N) is 1. The van der Waals surface area contributed by atoms with Gasteiger partial charge >= 0.3 is 5.97 Å². The summed E-state index contributed by atoms with van der Waals surface area (Å²) < 4.78 is 14.3. The largest absolute Gasteiger partial charge is 0.481 e. The number of aliphatic carboxylic acids is 1. The molecule has 0 saturated carbocycles. The van der Waals surface area contributed by atoms with E-state index in [-0.39, 0.29) is 5.56 Å². The summed E-state index contributed by atoms with van der Waals surface area (Å²) in [6.07, 6.45) is 0.403. The highest BCUT2D eigenvalue weighted by molar-refractivity contribution is 9.10. The summed E-state index contributed by atoms with van der Waals surface area (Å²) >= 11 is 3.13. The summed E-state index contributed by atoms with van der Waals surface area (Å²) in [5.41, 5.74) is -0.0268. The maximum atomic E-state index is 13.7. The Bertz CT molecular complexity index is 535. The smallest absolute Gasteiger partial charge is 0.308 e. The minimum Gasteiger partial charge on any atom is -0.481 e. The summed E-state index contributed by atoms with van der Waals surface area (Å²) in [5.74, 6) is -2.56. The van der Waals surface area contributed by atoms with Crippen molar-refractivity contribution < 1.29 is 19.1 Å². The standard InChI is InChI=1S/C13H13BrFNO3/c1-7-9(13(18)19)4-5-16(7)12(17)10-3-2-8(14)6-11(10)15/h2-3,6-7,9H,4-5H2,1H3,(H,18,19). The summed E-state index contributed by atoms with van der Waals surface area (Å²) in [4.78, 5) is 24.7. The van der Waals surface area contributed by atoms with Crippen LogP contribution in [0.2, 0.25) is 0 Å². The Balaban J connectivity index is 2.23. The second-order valence-corrected chi connectivity index (χ2v) is 5.51. The molecule has 2 atom stereocenters. The van der Waals surface area contributed by atoms with Crippen LogP contribution in [0.3, 0.4) is 0 Å². The number of hydrogen-bond donors (Lipinski definition) is 1. The van der Waals surface area contributed by atoms with Crippen LogP contribution in [0.4, 0.5) is 4.39 Å². The molecule has 6 heteroatoms. The number of likely N-dealkylation sites (tertiary alicyclic amines) is 1. The molecule has 19 heavy (non-hydrogen) atoms. The number of halogens is 2. The van der Waals surface area contributed by atoms with E-state index in [1.54, 1.807) is 13.0 Å². The van der Waals surface area contributed by atoms with Crippen molar-refractivity contribution in [1.82, 2.24) is 4.90 Å². The molecule has 1 amide bonds. The Kier molecular flexibility index (Phi) is 3.89. The Hall–Kier alpha value is -1.43. The van der Waals surface area contributed by atoms with Crippen LogP contribution >= 0.6 is 15.9 Å². The fourth-order valence-corrected chi connectivity index (χ4v) is 2.71. The van der Waals surface area contributed by atoms with Crippen LogP contribution in [0.5, 0.6) is 0 Å². The molecule has 1 fully saturated rings. The van der Waals surface area contributed by atoms with Crippen molar-refractivity contribution in [3.05, 3.63) is 34.1 Å². The van der Waals surface area contributed by atoms with Gasteiger partial charge in [-0.3, -0.25) is 9.59 Å². The van der Waals surface area contributed by atoms with Gasteiger partial charge in [0, 0.05) is 17.1 Å². The van der Waals surface area contributed by atoms with Gasteiger partial charge in [0.15, 0.2) is 0 Å². The highest BCUT2D eigenvalue weighted by Crippen LogP contribution is 2.27. The summed E-state index contributed by atoms with van der Waals surface area (Å²) in [6, 6.07) is 3.80. The van der Waals surface area contributed by atoms with E-state index in [0.29, 0.717) is 17.4 Å². The molecular formula is C13H13BrFNO3. The fraction of sp³-hybridized carbons (Fsp3) is 0.385. The summed E-state index contributed by atoms with van der Waals surface area (Å²) in [6.45, 7) is 2.02. The number of carbonyl (C=O) groups excluding carboxylic acids is 1. The minimum absolute atomic E-state index is 0.0268. The van der Waals surface area contributed by atoms with Crippen LogP contribution in [0.1, 0.15) is 23.7 Å². The molecule has 1 aromatic carbocycles. The number of amides is 1. The number of carbonyl (C=O) groups is 2. The zero-order valence-corrected chi connectivity index (χ0v) is 11.9. The molecule has 0 aromatic heterocycles. The van der Waals surface area contributed by atoms with Crippen LogP contribution in [0.15, 0.2) is 22.7 Å². The molecule has 1 aliphatic heterocycles. The number of rotatable bonds is 2. The topological polar surface area (TPSA) is 57.6 Å². The number of benzene rings is 1. The first-order chi connectivity index (χ1) is 8.91. The van der Waals surface area contributed by atoms with Gasteiger partial charge in [-0.05, 0) is 31.5 Å². The lowest BCUT2D eigenvalue weighted by atomic mass is 10.0. The van der Waals surface area contributed by atoms with E-state index in [9.17, 15) is 14.0 Å². The lowest BCUT2D eigenvalue weighted by Gasteiger charge is -2.23. The number of hydrogen-bond acceptors (Lipinski definition) is 2. The summed E-state index contributed by atoms with van der Waals surface area (Å²) in [7, 11) is 0. The van der Waals surface area contributed by atoms with Crippen molar-refractivity contribution in [2.75, 3.05) is 6.54 Å². The molecule has 0 spiro atoms. The molecule has 0 aliphatic carbocycles. The van der Waals surface area contributed by atoms with Gasteiger partial charge in [0.1, 0.15) is 5.82 Å². The van der Waals surface area contributed by atoms with E-state index in [2.05, 4.69) is 15.9 Å². The molecule has 2 unspecified atom stereocenters. The van der Waals surface area contributed by atoms with Gasteiger partial charge in [0.2, 0.25) is 0 Å². The molecule has 1 saturated heterocycles. The SMILES string of the molecule is CC1C(C(=O)O)CCN1C(=O)c1ccc(Br)cc1F. The molecule has 0 bridgehead atoms. The Labute approximate surface area is 118 Å². The average molecular weight is 330 g/mol. The fourth-order valence-electron chi connectivity index (χ4n) is 2.37. The monoisotopic (exact) mass is 329 g/mol. The molecule has 4 nitrogen and oxygen atoms in total. The Morgan fingerprint density at radius 1 is 1.47 bits per heavy atom. The van der Waals surface area contributed by atoms with Crippen molar-refractivity contribution in [1.29, 1.82) is 0 Å². The lowest BCUT2D eigenvalue weighted by molar-refractivity contribution is -0.142. The van der Waals surface area contributed by atoms with Gasteiger partial charge in [-0.25, -0.2) is 4.39 Å². The molecule has 1 aromatic rings. The van der Waals surface area contributed by atoms with Crippen LogP contribution in [0.25, 0.3) is 0 Å². The average Bonchev–Trinajstić information content (AvgIpc) is 2.70. The Morgan fingerprint density at radius 2 is 2.16 bits per heavy atom. The zero-order valence-electron chi connectivity index (χ0n) is 10.3. The third kappa shape index (κ3) is 2.63.